The summed E-state index contributed by atoms with van der Waals surface area (Å²) in [5, 5.41) is 4.06. The Morgan fingerprint density at radius 1 is 1.16 bits per heavy atom. The Kier molecular flexibility index (Phi) is 5.38. The highest BCUT2D eigenvalue weighted by Gasteiger charge is 2.34. The minimum absolute atomic E-state index is 0.202. The maximum absolute atomic E-state index is 13.5. The Morgan fingerprint density at radius 3 is 2.52 bits per heavy atom. The summed E-state index contributed by atoms with van der Waals surface area (Å²) in [7, 11) is 0. The molecular formula is C21H20F3N5O2. The lowest BCUT2D eigenvalue weighted by atomic mass is 10.0. The molecule has 1 saturated heterocycles. The number of aryl methyl sites for hydroxylation is 1. The number of carbonyl (C=O) groups excluding carboxylic acids is 1. The van der Waals surface area contributed by atoms with Gasteiger partial charge in [-0.25, -0.2) is 9.67 Å². The first kappa shape index (κ1) is 20.8. The van der Waals surface area contributed by atoms with E-state index >= 15 is 0 Å². The highest BCUT2D eigenvalue weighted by molar-refractivity contribution is 5.92. The molecule has 3 aromatic rings. The van der Waals surface area contributed by atoms with Crippen LogP contribution in [0, 0.1) is 6.92 Å². The molecule has 162 valence electrons. The minimum atomic E-state index is -4.60. The Labute approximate surface area is 175 Å². The van der Waals surface area contributed by atoms with Crippen molar-refractivity contribution in [3.8, 4) is 5.69 Å². The summed E-state index contributed by atoms with van der Waals surface area (Å²) >= 11 is 0. The highest BCUT2D eigenvalue weighted by atomic mass is 19.4. The van der Waals surface area contributed by atoms with Crippen LogP contribution in [0.5, 0.6) is 0 Å². The third kappa shape index (κ3) is 4.10. The number of imidazole rings is 1. The second-order valence-electron chi connectivity index (χ2n) is 7.46. The second kappa shape index (κ2) is 8.01. The minimum Gasteiger partial charge on any atom is -0.337 e. The van der Waals surface area contributed by atoms with Crippen LogP contribution in [0.1, 0.15) is 40.6 Å². The van der Waals surface area contributed by atoms with Gasteiger partial charge in [0.1, 0.15) is 0 Å². The molecule has 1 amide bonds. The number of halogens is 3. The van der Waals surface area contributed by atoms with Crippen molar-refractivity contribution in [2.45, 2.75) is 32.0 Å². The molecular weight excluding hydrogens is 411 g/mol. The first-order valence-electron chi connectivity index (χ1n) is 9.80. The van der Waals surface area contributed by atoms with E-state index in [4.69, 9.17) is 0 Å². The Balaban J connectivity index is 1.64. The number of benzene rings is 1. The molecule has 10 heteroatoms. The molecule has 0 spiro atoms. The molecule has 0 atom stereocenters. The summed E-state index contributed by atoms with van der Waals surface area (Å²) in [6.07, 6.45) is 2.03. The highest BCUT2D eigenvalue weighted by Crippen LogP contribution is 2.33. The molecule has 31 heavy (non-hydrogen) atoms. The maximum Gasteiger partial charge on any atom is 0.418 e. The average Bonchev–Trinajstić information content (AvgIpc) is 3.28. The molecule has 2 aromatic heterocycles. The van der Waals surface area contributed by atoms with Gasteiger partial charge in [-0.2, -0.15) is 18.3 Å². The van der Waals surface area contributed by atoms with Gasteiger partial charge in [-0.15, -0.1) is 0 Å². The predicted octanol–water partition coefficient (Wildman–Crippen LogP) is 3.23. The largest absolute Gasteiger partial charge is 0.418 e. The molecule has 0 unspecified atom stereocenters. The fourth-order valence-corrected chi connectivity index (χ4v) is 3.84. The Hall–Kier alpha value is -3.43. The summed E-state index contributed by atoms with van der Waals surface area (Å²) in [5.74, 6) is -0.577. The number of nitrogens with zero attached hydrogens (tertiary/aromatic N) is 5. The third-order valence-electron chi connectivity index (χ3n) is 5.45. The van der Waals surface area contributed by atoms with E-state index in [1.165, 1.54) is 30.0 Å². The van der Waals surface area contributed by atoms with Gasteiger partial charge in [0, 0.05) is 43.3 Å². The van der Waals surface area contributed by atoms with Crippen LogP contribution in [0.4, 0.5) is 13.2 Å². The van der Waals surface area contributed by atoms with Crippen molar-refractivity contribution in [2.75, 3.05) is 13.1 Å². The predicted molar refractivity (Wildman–Crippen MR) is 106 cm³/mol. The monoisotopic (exact) mass is 431 g/mol. The quantitative estimate of drug-likeness (QED) is 0.638. The van der Waals surface area contributed by atoms with Gasteiger partial charge in [-0.05, 0) is 31.9 Å². The van der Waals surface area contributed by atoms with Crippen LogP contribution in [-0.2, 0) is 6.18 Å². The molecule has 0 radical (unpaired) electrons. The van der Waals surface area contributed by atoms with Crippen LogP contribution in [0.3, 0.4) is 0 Å². The van der Waals surface area contributed by atoms with E-state index < -0.39 is 23.1 Å². The molecule has 0 N–H and O–H groups in total. The number of aromatic nitrogens is 4. The summed E-state index contributed by atoms with van der Waals surface area (Å²) < 4.78 is 43.4. The van der Waals surface area contributed by atoms with Gasteiger partial charge in [0.15, 0.2) is 5.69 Å². The number of rotatable bonds is 3. The molecule has 1 aliphatic heterocycles. The molecule has 0 aliphatic carbocycles. The van der Waals surface area contributed by atoms with Crippen molar-refractivity contribution >= 4 is 5.91 Å². The average molecular weight is 431 g/mol. The van der Waals surface area contributed by atoms with E-state index in [0.29, 0.717) is 25.9 Å². The zero-order valence-electron chi connectivity index (χ0n) is 16.7. The number of amides is 1. The van der Waals surface area contributed by atoms with Gasteiger partial charge >= 0.3 is 6.18 Å². The SMILES string of the molecule is Cc1cc(=O)c(C(=O)N2CCC(n3ccnc3)CC2)nn1-c1ccccc1C(F)(F)F. The molecule has 1 fully saturated rings. The topological polar surface area (TPSA) is 73.0 Å². The third-order valence-corrected chi connectivity index (χ3v) is 5.45. The van der Waals surface area contributed by atoms with Crippen molar-refractivity contribution in [1.29, 1.82) is 0 Å². The van der Waals surface area contributed by atoms with Crippen molar-refractivity contribution in [2.24, 2.45) is 0 Å². The normalized spacial score (nSPS) is 15.3. The maximum atomic E-state index is 13.5. The van der Waals surface area contributed by atoms with Crippen molar-refractivity contribution in [3.05, 3.63) is 76.2 Å². The molecule has 0 saturated carbocycles. The van der Waals surface area contributed by atoms with Crippen LogP contribution in [0.2, 0.25) is 0 Å². The lowest BCUT2D eigenvalue weighted by Crippen LogP contribution is -2.41. The van der Waals surface area contributed by atoms with Crippen LogP contribution in [0.25, 0.3) is 5.69 Å². The molecule has 7 nitrogen and oxygen atoms in total. The summed E-state index contributed by atoms with van der Waals surface area (Å²) in [6.45, 7) is 2.30. The number of carbonyl (C=O) groups is 1. The van der Waals surface area contributed by atoms with Crippen LogP contribution < -0.4 is 5.43 Å². The zero-order valence-corrected chi connectivity index (χ0v) is 16.7. The van der Waals surface area contributed by atoms with E-state index in [9.17, 15) is 22.8 Å². The molecule has 1 aliphatic rings. The molecule has 0 bridgehead atoms. The van der Waals surface area contributed by atoms with Gasteiger partial charge in [-0.1, -0.05) is 12.1 Å². The Morgan fingerprint density at radius 2 is 1.87 bits per heavy atom. The first-order valence-corrected chi connectivity index (χ1v) is 9.80. The van der Waals surface area contributed by atoms with Gasteiger partial charge in [0.2, 0.25) is 5.43 Å². The summed E-state index contributed by atoms with van der Waals surface area (Å²) in [5.41, 5.74) is -1.92. The standard InChI is InChI=1S/C21H20F3N5O2/c1-14-12-18(30)19(26-29(14)17-5-3-2-4-16(17)21(22,23)24)20(31)27-9-6-15(7-10-27)28-11-8-25-13-28/h2-5,8,11-13,15H,6-7,9-10H2,1H3. The molecule has 1 aromatic carbocycles. The molecule has 3 heterocycles. The van der Waals surface area contributed by atoms with Crippen LogP contribution in [-0.4, -0.2) is 43.2 Å². The lowest BCUT2D eigenvalue weighted by molar-refractivity contribution is -0.137. The first-order chi connectivity index (χ1) is 14.8. The van der Waals surface area contributed by atoms with E-state index in [-0.39, 0.29) is 23.1 Å². The van der Waals surface area contributed by atoms with Gasteiger partial charge in [0.25, 0.3) is 5.91 Å². The van der Waals surface area contributed by atoms with Gasteiger partial charge in [0.05, 0.1) is 17.6 Å². The number of hydrogen-bond acceptors (Lipinski definition) is 4. The van der Waals surface area contributed by atoms with Gasteiger partial charge in [-0.3, -0.25) is 9.59 Å². The molecule has 4 rings (SSSR count). The van der Waals surface area contributed by atoms with Gasteiger partial charge < -0.3 is 9.47 Å². The van der Waals surface area contributed by atoms with E-state index in [1.54, 1.807) is 12.5 Å². The van der Waals surface area contributed by atoms with Crippen LogP contribution >= 0.6 is 0 Å². The number of hydrogen-bond donors (Lipinski definition) is 0. The van der Waals surface area contributed by atoms with Crippen molar-refractivity contribution < 1.29 is 18.0 Å². The number of para-hydroxylation sites is 1. The van der Waals surface area contributed by atoms with Crippen molar-refractivity contribution in [1.82, 2.24) is 24.2 Å². The number of piperidine rings is 1. The van der Waals surface area contributed by atoms with Crippen molar-refractivity contribution in [3.63, 3.8) is 0 Å². The van der Waals surface area contributed by atoms with E-state index in [2.05, 4.69) is 10.1 Å². The summed E-state index contributed by atoms with van der Waals surface area (Å²) in [6, 6.07) is 6.28. The smallest absolute Gasteiger partial charge is 0.337 e. The van der Waals surface area contributed by atoms with E-state index in [0.717, 1.165) is 16.8 Å². The second-order valence-corrected chi connectivity index (χ2v) is 7.46. The fourth-order valence-electron chi connectivity index (χ4n) is 3.84. The van der Waals surface area contributed by atoms with Crippen LogP contribution in [0.15, 0.2) is 53.8 Å². The fraction of sp³-hybridized carbons (Fsp3) is 0.333. The summed E-state index contributed by atoms with van der Waals surface area (Å²) in [4.78, 5) is 31.0. The zero-order chi connectivity index (χ0) is 22.2. The number of alkyl halides is 3. The number of likely N-dealkylation sites (tertiary alicyclic amines) is 1. The lowest BCUT2D eigenvalue weighted by Gasteiger charge is -2.32. The van der Waals surface area contributed by atoms with E-state index in [1.807, 2.05) is 10.8 Å². The Bertz CT molecular complexity index is 1150.